The molecule has 2 heterocycles. The maximum absolute atomic E-state index is 11.0. The zero-order chi connectivity index (χ0) is 17.2. The second-order valence-corrected chi connectivity index (χ2v) is 5.86. The molecule has 1 aromatic heterocycles. The van der Waals surface area contributed by atoms with E-state index in [0.29, 0.717) is 5.76 Å². The second kappa shape index (κ2) is 6.32. The van der Waals surface area contributed by atoms with Crippen LogP contribution in [0.3, 0.4) is 0 Å². The Kier molecular flexibility index (Phi) is 3.85. The van der Waals surface area contributed by atoms with E-state index in [9.17, 15) is 10.1 Å². The number of benzene rings is 2. The fourth-order valence-electron chi connectivity index (χ4n) is 3.29. The van der Waals surface area contributed by atoms with Crippen LogP contribution in [-0.2, 0) is 0 Å². The summed E-state index contributed by atoms with van der Waals surface area (Å²) in [4.78, 5) is 14.9. The molecule has 1 aliphatic heterocycles. The van der Waals surface area contributed by atoms with Crippen molar-refractivity contribution in [2.45, 2.75) is 6.17 Å². The second-order valence-electron chi connectivity index (χ2n) is 5.86. The lowest BCUT2D eigenvalue weighted by molar-refractivity contribution is -0.402. The van der Waals surface area contributed by atoms with Crippen LogP contribution in [0.25, 0.3) is 0 Å². The fourth-order valence-corrected chi connectivity index (χ4v) is 3.29. The van der Waals surface area contributed by atoms with Crippen molar-refractivity contribution in [3.8, 4) is 0 Å². The Bertz CT molecular complexity index is 816. The molecular formula is C19H17N3O3. The normalized spacial score (nSPS) is 14.9. The van der Waals surface area contributed by atoms with Crippen molar-refractivity contribution in [1.29, 1.82) is 0 Å². The molecule has 2 aromatic carbocycles. The fraction of sp³-hybridized carbons (Fsp3) is 0.158. The summed E-state index contributed by atoms with van der Waals surface area (Å²) in [5.41, 5.74) is 2.12. The van der Waals surface area contributed by atoms with Crippen LogP contribution in [-0.4, -0.2) is 18.0 Å². The molecule has 1 aliphatic rings. The zero-order valence-corrected chi connectivity index (χ0v) is 13.5. The number of rotatable bonds is 4. The standard InChI is InChI=1S/C19H17N3O3/c23-22(24)18-12-11-17(25-18)19-20(15-7-3-1-4-8-15)13-14-21(19)16-9-5-2-6-10-16/h1-12,19H,13-14H2. The first kappa shape index (κ1) is 15.3. The van der Waals surface area contributed by atoms with Crippen LogP contribution >= 0.6 is 0 Å². The van der Waals surface area contributed by atoms with Crippen molar-refractivity contribution >= 4 is 17.3 Å². The molecule has 0 aliphatic carbocycles. The van der Waals surface area contributed by atoms with E-state index in [1.165, 1.54) is 6.07 Å². The molecule has 0 radical (unpaired) electrons. The summed E-state index contributed by atoms with van der Waals surface area (Å²) >= 11 is 0. The van der Waals surface area contributed by atoms with Crippen molar-refractivity contribution in [2.24, 2.45) is 0 Å². The highest BCUT2D eigenvalue weighted by atomic mass is 16.6. The minimum Gasteiger partial charge on any atom is -0.402 e. The number of anilines is 2. The quantitative estimate of drug-likeness (QED) is 0.528. The van der Waals surface area contributed by atoms with Gasteiger partial charge in [0.15, 0.2) is 11.9 Å². The molecule has 0 spiro atoms. The molecule has 6 heteroatoms. The first-order valence-corrected chi connectivity index (χ1v) is 8.11. The molecule has 0 amide bonds. The van der Waals surface area contributed by atoms with Crippen LogP contribution < -0.4 is 9.80 Å². The summed E-state index contributed by atoms with van der Waals surface area (Å²) in [6.45, 7) is 1.61. The number of hydrogen-bond donors (Lipinski definition) is 0. The zero-order valence-electron chi connectivity index (χ0n) is 13.5. The van der Waals surface area contributed by atoms with Crippen LogP contribution in [0.5, 0.6) is 0 Å². The summed E-state index contributed by atoms with van der Waals surface area (Å²) < 4.78 is 5.55. The summed E-state index contributed by atoms with van der Waals surface area (Å²) in [5, 5.41) is 11.0. The van der Waals surface area contributed by atoms with Crippen molar-refractivity contribution in [1.82, 2.24) is 0 Å². The van der Waals surface area contributed by atoms with Gasteiger partial charge in [-0.1, -0.05) is 36.4 Å². The van der Waals surface area contributed by atoms with E-state index >= 15 is 0 Å². The van der Waals surface area contributed by atoms with Gasteiger partial charge in [-0.15, -0.1) is 0 Å². The highest BCUT2D eigenvalue weighted by Gasteiger charge is 2.36. The van der Waals surface area contributed by atoms with E-state index < -0.39 is 4.92 Å². The van der Waals surface area contributed by atoms with Crippen molar-refractivity contribution < 1.29 is 9.34 Å². The predicted octanol–water partition coefficient (Wildman–Crippen LogP) is 4.21. The first-order valence-electron chi connectivity index (χ1n) is 8.11. The Morgan fingerprint density at radius 2 is 1.36 bits per heavy atom. The van der Waals surface area contributed by atoms with Gasteiger partial charge in [0.2, 0.25) is 0 Å². The number of furan rings is 1. The van der Waals surface area contributed by atoms with E-state index in [0.717, 1.165) is 24.5 Å². The maximum Gasteiger partial charge on any atom is 0.433 e. The van der Waals surface area contributed by atoms with Crippen LogP contribution in [0.2, 0.25) is 0 Å². The number of para-hydroxylation sites is 2. The average molecular weight is 335 g/mol. The van der Waals surface area contributed by atoms with E-state index in [4.69, 9.17) is 4.42 Å². The Hall–Kier alpha value is -3.28. The predicted molar refractivity (Wildman–Crippen MR) is 95.7 cm³/mol. The van der Waals surface area contributed by atoms with E-state index in [2.05, 4.69) is 9.80 Å². The van der Waals surface area contributed by atoms with Crippen molar-refractivity contribution in [3.63, 3.8) is 0 Å². The molecule has 4 rings (SSSR count). The molecule has 0 unspecified atom stereocenters. The molecule has 0 bridgehead atoms. The van der Waals surface area contributed by atoms with Gasteiger partial charge in [0.05, 0.1) is 6.07 Å². The van der Waals surface area contributed by atoms with E-state index in [1.54, 1.807) is 6.07 Å². The summed E-state index contributed by atoms with van der Waals surface area (Å²) in [7, 11) is 0. The van der Waals surface area contributed by atoms with Gasteiger partial charge >= 0.3 is 5.88 Å². The third-order valence-electron chi connectivity index (χ3n) is 4.39. The highest BCUT2D eigenvalue weighted by Crippen LogP contribution is 2.38. The van der Waals surface area contributed by atoms with Gasteiger partial charge in [-0.25, -0.2) is 0 Å². The minimum atomic E-state index is -0.502. The number of nitrogens with zero attached hydrogens (tertiary/aromatic N) is 3. The van der Waals surface area contributed by atoms with E-state index in [1.807, 2.05) is 60.7 Å². The molecular weight excluding hydrogens is 318 g/mol. The molecule has 6 nitrogen and oxygen atoms in total. The van der Waals surface area contributed by atoms with Crippen LogP contribution in [0.15, 0.2) is 77.2 Å². The van der Waals surface area contributed by atoms with Crippen LogP contribution in [0.4, 0.5) is 17.3 Å². The average Bonchev–Trinajstić information content (AvgIpc) is 3.30. The Morgan fingerprint density at radius 1 is 0.840 bits per heavy atom. The van der Waals surface area contributed by atoms with Crippen molar-refractivity contribution in [2.75, 3.05) is 22.9 Å². The number of hydrogen-bond acceptors (Lipinski definition) is 5. The highest BCUT2D eigenvalue weighted by molar-refractivity contribution is 5.58. The lowest BCUT2D eigenvalue weighted by Gasteiger charge is -2.31. The molecule has 1 saturated heterocycles. The summed E-state index contributed by atoms with van der Waals surface area (Å²) in [6, 6.07) is 23.2. The molecule has 0 N–H and O–H groups in total. The van der Waals surface area contributed by atoms with Gasteiger partial charge in [0.25, 0.3) is 0 Å². The lowest BCUT2D eigenvalue weighted by atomic mass is 10.2. The monoisotopic (exact) mass is 335 g/mol. The van der Waals surface area contributed by atoms with Gasteiger partial charge in [-0.05, 0) is 30.3 Å². The molecule has 0 atom stereocenters. The summed E-state index contributed by atoms with van der Waals surface area (Å²) in [5.74, 6) is 0.333. The van der Waals surface area contributed by atoms with Gasteiger partial charge in [0, 0.05) is 24.5 Å². The van der Waals surface area contributed by atoms with Crippen molar-refractivity contribution in [3.05, 3.63) is 88.7 Å². The van der Waals surface area contributed by atoms with Gasteiger partial charge in [0.1, 0.15) is 4.92 Å². The Labute approximate surface area is 145 Å². The van der Waals surface area contributed by atoms with Gasteiger partial charge < -0.3 is 14.2 Å². The Balaban J connectivity index is 1.76. The molecule has 3 aromatic rings. The third kappa shape index (κ3) is 2.82. The maximum atomic E-state index is 11.0. The molecule has 1 fully saturated rings. The van der Waals surface area contributed by atoms with E-state index in [-0.39, 0.29) is 12.0 Å². The smallest absolute Gasteiger partial charge is 0.402 e. The van der Waals surface area contributed by atoms with Crippen LogP contribution in [0.1, 0.15) is 11.9 Å². The topological polar surface area (TPSA) is 62.8 Å². The molecule has 0 saturated carbocycles. The minimum absolute atomic E-state index is 0.224. The SMILES string of the molecule is O=[N+]([O-])c1ccc(C2N(c3ccccc3)CCN2c2ccccc2)o1. The molecule has 126 valence electrons. The van der Waals surface area contributed by atoms with Crippen LogP contribution in [0, 0.1) is 10.1 Å². The third-order valence-corrected chi connectivity index (χ3v) is 4.39. The molecule has 25 heavy (non-hydrogen) atoms. The Morgan fingerprint density at radius 3 is 1.80 bits per heavy atom. The largest absolute Gasteiger partial charge is 0.433 e. The summed E-state index contributed by atoms with van der Waals surface area (Å²) in [6.07, 6.45) is -0.224. The van der Waals surface area contributed by atoms with Gasteiger partial charge in [-0.2, -0.15) is 0 Å². The van der Waals surface area contributed by atoms with Gasteiger partial charge in [-0.3, -0.25) is 10.1 Å². The first-order chi connectivity index (χ1) is 12.2. The lowest BCUT2D eigenvalue weighted by Crippen LogP contribution is -2.30. The number of nitro groups is 1.